The molecule has 1 amide bonds. The second kappa shape index (κ2) is 7.31. The van der Waals surface area contributed by atoms with Gasteiger partial charge in [0, 0.05) is 10.7 Å². The smallest absolute Gasteiger partial charge is 0.265 e. The quantitative estimate of drug-likeness (QED) is 0.619. The van der Waals surface area contributed by atoms with Gasteiger partial charge in [-0.1, -0.05) is 34.5 Å². The molecule has 0 spiro atoms. The third kappa shape index (κ3) is 3.72. The maximum Gasteiger partial charge on any atom is 0.265 e. The van der Waals surface area contributed by atoms with Crippen molar-refractivity contribution in [2.24, 2.45) is 0 Å². The van der Waals surface area contributed by atoms with E-state index in [2.05, 4.69) is 10.3 Å². The summed E-state index contributed by atoms with van der Waals surface area (Å²) in [4.78, 5) is 16.9. The maximum atomic E-state index is 12.6. The van der Waals surface area contributed by atoms with Gasteiger partial charge in [-0.15, -0.1) is 0 Å². The van der Waals surface area contributed by atoms with Crippen LogP contribution >= 0.6 is 34.5 Å². The van der Waals surface area contributed by atoms with Gasteiger partial charge in [0.25, 0.3) is 5.91 Å². The topological polar surface area (TPSA) is 77.2 Å². The SMILES string of the molecule is Cc1cc2nc(N)sc2c(C)c1NC(=O)[C@H](C)Oc1ccc(Cl)cc1Cl. The van der Waals surface area contributed by atoms with E-state index in [-0.39, 0.29) is 5.91 Å². The second-order valence-electron chi connectivity index (χ2n) is 5.92. The Morgan fingerprint density at radius 1 is 1.31 bits per heavy atom. The number of aryl methyl sites for hydroxylation is 2. The average molecular weight is 410 g/mol. The van der Waals surface area contributed by atoms with Crippen molar-refractivity contribution in [2.75, 3.05) is 11.1 Å². The molecule has 0 fully saturated rings. The number of carbonyl (C=O) groups is 1. The Hall–Kier alpha value is -2.02. The van der Waals surface area contributed by atoms with Gasteiger partial charge < -0.3 is 15.8 Å². The molecular formula is C18H17Cl2N3O2S. The Morgan fingerprint density at radius 3 is 2.73 bits per heavy atom. The third-order valence-corrected chi connectivity index (χ3v) is 5.50. The molecular weight excluding hydrogens is 393 g/mol. The van der Waals surface area contributed by atoms with Crippen LogP contribution in [0.4, 0.5) is 10.8 Å². The van der Waals surface area contributed by atoms with Crippen molar-refractivity contribution in [3.63, 3.8) is 0 Å². The minimum Gasteiger partial charge on any atom is -0.479 e. The lowest BCUT2D eigenvalue weighted by Crippen LogP contribution is -2.30. The number of anilines is 2. The number of thiazole rings is 1. The molecule has 1 atom stereocenters. The number of nitrogens with one attached hydrogen (secondary N) is 1. The van der Waals surface area contributed by atoms with Gasteiger partial charge in [-0.05, 0) is 56.2 Å². The zero-order valence-electron chi connectivity index (χ0n) is 14.4. The van der Waals surface area contributed by atoms with Crippen molar-refractivity contribution < 1.29 is 9.53 Å². The number of hydrogen-bond acceptors (Lipinski definition) is 5. The summed E-state index contributed by atoms with van der Waals surface area (Å²) in [7, 11) is 0. The summed E-state index contributed by atoms with van der Waals surface area (Å²) in [5, 5.41) is 4.29. The molecule has 3 rings (SSSR count). The van der Waals surface area contributed by atoms with Crippen molar-refractivity contribution in [2.45, 2.75) is 26.9 Å². The van der Waals surface area contributed by atoms with Crippen molar-refractivity contribution in [1.82, 2.24) is 4.98 Å². The van der Waals surface area contributed by atoms with Crippen LogP contribution in [-0.2, 0) is 4.79 Å². The zero-order valence-corrected chi connectivity index (χ0v) is 16.7. The van der Waals surface area contributed by atoms with E-state index in [1.165, 1.54) is 11.3 Å². The van der Waals surface area contributed by atoms with Crippen molar-refractivity contribution in [1.29, 1.82) is 0 Å². The number of nitrogens with zero attached hydrogens (tertiary/aromatic N) is 1. The molecule has 5 nitrogen and oxygen atoms in total. The Morgan fingerprint density at radius 2 is 2.04 bits per heavy atom. The van der Waals surface area contributed by atoms with Crippen molar-refractivity contribution in [3.8, 4) is 5.75 Å². The largest absolute Gasteiger partial charge is 0.479 e. The van der Waals surface area contributed by atoms with Crippen LogP contribution in [0.1, 0.15) is 18.1 Å². The molecule has 3 N–H and O–H groups in total. The van der Waals surface area contributed by atoms with E-state index in [1.54, 1.807) is 25.1 Å². The van der Waals surface area contributed by atoms with E-state index in [4.69, 9.17) is 33.7 Å². The fourth-order valence-electron chi connectivity index (χ4n) is 2.63. The van der Waals surface area contributed by atoms with Crippen LogP contribution < -0.4 is 15.8 Å². The summed E-state index contributed by atoms with van der Waals surface area (Å²) >= 11 is 13.4. The van der Waals surface area contributed by atoms with E-state index >= 15 is 0 Å². The third-order valence-electron chi connectivity index (χ3n) is 3.95. The van der Waals surface area contributed by atoms with Crippen molar-refractivity contribution >= 4 is 61.5 Å². The number of nitrogens with two attached hydrogens (primary N) is 1. The fourth-order valence-corrected chi connectivity index (χ4v) is 3.90. The molecule has 0 unspecified atom stereocenters. The minimum atomic E-state index is -0.741. The van der Waals surface area contributed by atoms with Gasteiger partial charge in [0.1, 0.15) is 5.75 Å². The summed E-state index contributed by atoms with van der Waals surface area (Å²) < 4.78 is 6.63. The summed E-state index contributed by atoms with van der Waals surface area (Å²) in [6, 6.07) is 6.77. The first-order valence-corrected chi connectivity index (χ1v) is 9.42. The van der Waals surface area contributed by atoms with Gasteiger partial charge in [-0.25, -0.2) is 4.98 Å². The highest BCUT2D eigenvalue weighted by Gasteiger charge is 2.20. The molecule has 0 aliphatic carbocycles. The number of nitrogen functional groups attached to an aromatic ring is 1. The van der Waals surface area contributed by atoms with E-state index < -0.39 is 6.10 Å². The lowest BCUT2D eigenvalue weighted by atomic mass is 10.1. The minimum absolute atomic E-state index is 0.279. The van der Waals surface area contributed by atoms with E-state index in [0.29, 0.717) is 20.9 Å². The number of carbonyl (C=O) groups excluding carboxylic acids is 1. The van der Waals surface area contributed by atoms with Crippen LogP contribution in [0.2, 0.25) is 10.0 Å². The molecule has 26 heavy (non-hydrogen) atoms. The molecule has 0 aliphatic heterocycles. The van der Waals surface area contributed by atoms with Crippen LogP contribution in [0.5, 0.6) is 5.75 Å². The molecule has 0 aliphatic rings. The lowest BCUT2D eigenvalue weighted by molar-refractivity contribution is -0.122. The van der Waals surface area contributed by atoms with Gasteiger partial charge in [-0.3, -0.25) is 4.79 Å². The number of aromatic nitrogens is 1. The van der Waals surface area contributed by atoms with Crippen LogP contribution in [0, 0.1) is 13.8 Å². The van der Waals surface area contributed by atoms with Gasteiger partial charge >= 0.3 is 0 Å². The number of amides is 1. The molecule has 0 saturated carbocycles. The molecule has 2 aromatic carbocycles. The highest BCUT2D eigenvalue weighted by molar-refractivity contribution is 7.22. The molecule has 8 heteroatoms. The molecule has 0 saturated heterocycles. The average Bonchev–Trinajstić information content (AvgIpc) is 2.94. The summed E-state index contributed by atoms with van der Waals surface area (Å²) in [6.45, 7) is 5.51. The van der Waals surface area contributed by atoms with E-state index in [0.717, 1.165) is 27.0 Å². The van der Waals surface area contributed by atoms with Crippen LogP contribution in [-0.4, -0.2) is 17.0 Å². The normalized spacial score (nSPS) is 12.2. The molecule has 136 valence electrons. The van der Waals surface area contributed by atoms with E-state index in [1.807, 2.05) is 19.9 Å². The number of rotatable bonds is 4. The first-order valence-electron chi connectivity index (χ1n) is 7.85. The van der Waals surface area contributed by atoms with Gasteiger partial charge in [0.05, 0.1) is 15.2 Å². The van der Waals surface area contributed by atoms with Crippen LogP contribution in [0.15, 0.2) is 24.3 Å². The van der Waals surface area contributed by atoms with E-state index in [9.17, 15) is 4.79 Å². The fraction of sp³-hybridized carbons (Fsp3) is 0.222. The van der Waals surface area contributed by atoms with Gasteiger partial charge in [0.2, 0.25) is 0 Å². The maximum absolute atomic E-state index is 12.6. The highest BCUT2D eigenvalue weighted by atomic mass is 35.5. The number of halogens is 2. The summed E-state index contributed by atoms with van der Waals surface area (Å²) in [5.74, 6) is 0.122. The molecule has 0 radical (unpaired) electrons. The Labute approximate surface area is 165 Å². The van der Waals surface area contributed by atoms with Crippen molar-refractivity contribution in [3.05, 3.63) is 45.4 Å². The Kier molecular flexibility index (Phi) is 5.27. The van der Waals surface area contributed by atoms with Gasteiger partial charge in [0.15, 0.2) is 11.2 Å². The summed E-state index contributed by atoms with van der Waals surface area (Å²) in [5.41, 5.74) is 9.21. The first kappa shape index (κ1) is 18.8. The first-order chi connectivity index (χ1) is 12.3. The number of fused-ring (bicyclic) bond motifs is 1. The highest BCUT2D eigenvalue weighted by Crippen LogP contribution is 2.34. The molecule has 1 heterocycles. The number of hydrogen-bond donors (Lipinski definition) is 2. The predicted molar refractivity (Wildman–Crippen MR) is 109 cm³/mol. The van der Waals surface area contributed by atoms with Crippen LogP contribution in [0.3, 0.4) is 0 Å². The monoisotopic (exact) mass is 409 g/mol. The lowest BCUT2D eigenvalue weighted by Gasteiger charge is -2.18. The number of ether oxygens (including phenoxy) is 1. The predicted octanol–water partition coefficient (Wildman–Crippen LogP) is 5.21. The Balaban J connectivity index is 1.82. The second-order valence-corrected chi connectivity index (χ2v) is 7.79. The standard InChI is InChI=1S/C18H17Cl2N3O2S/c1-8-6-13-16(26-18(21)22-13)9(2)15(8)23-17(24)10(3)25-14-5-4-11(19)7-12(14)20/h4-7,10H,1-3H3,(H2,21,22)(H,23,24)/t10-/m0/s1. The molecule has 3 aromatic rings. The zero-order chi connectivity index (χ0) is 19.0. The molecule has 1 aromatic heterocycles. The van der Waals surface area contributed by atoms with Gasteiger partial charge in [-0.2, -0.15) is 0 Å². The summed E-state index contributed by atoms with van der Waals surface area (Å²) in [6.07, 6.45) is -0.741. The number of benzene rings is 2. The van der Waals surface area contributed by atoms with Crippen LogP contribution in [0.25, 0.3) is 10.2 Å². The Bertz CT molecular complexity index is 1000. The molecule has 0 bridgehead atoms.